The molecule has 10 heteroatoms. The number of nitrogens with one attached hydrogen (secondary N) is 2. The zero-order chi connectivity index (χ0) is 33.0. The Morgan fingerprint density at radius 2 is 1.42 bits per heavy atom. The fourth-order valence-electron chi connectivity index (χ4n) is 8.97. The number of carbonyl (C=O) groups excluding carboxylic acids is 4. The minimum Gasteiger partial charge on any atom is -0.352 e. The summed E-state index contributed by atoms with van der Waals surface area (Å²) in [4.78, 5) is 64.2. The van der Waals surface area contributed by atoms with E-state index in [1.165, 1.54) is 0 Å². The fraction of sp³-hybridized carbons (Fsp3) is 0.579. The molecule has 4 amide bonds. The number of amides is 4. The van der Waals surface area contributed by atoms with Crippen LogP contribution < -0.4 is 10.6 Å². The summed E-state index contributed by atoms with van der Waals surface area (Å²) in [7, 11) is 0. The molecule has 0 aromatic heterocycles. The van der Waals surface area contributed by atoms with E-state index in [0.717, 1.165) is 43.4 Å². The molecule has 6 heterocycles. The maximum atomic E-state index is 14.3. The number of hydrogen-bond donors (Lipinski definition) is 2. The van der Waals surface area contributed by atoms with Crippen LogP contribution in [0.3, 0.4) is 0 Å². The van der Waals surface area contributed by atoms with Gasteiger partial charge in [-0.15, -0.1) is 0 Å². The van der Waals surface area contributed by atoms with Crippen molar-refractivity contribution in [1.29, 1.82) is 0 Å². The second-order valence-corrected chi connectivity index (χ2v) is 14.5. The maximum absolute atomic E-state index is 14.3. The van der Waals surface area contributed by atoms with E-state index < -0.39 is 6.04 Å². The summed E-state index contributed by atoms with van der Waals surface area (Å²) in [6.07, 6.45) is 5.50. The van der Waals surface area contributed by atoms with Crippen LogP contribution in [0.25, 0.3) is 0 Å². The van der Waals surface area contributed by atoms with Crippen LogP contribution in [-0.2, 0) is 32.3 Å². The summed E-state index contributed by atoms with van der Waals surface area (Å²) in [5.74, 6) is -0.0312. The van der Waals surface area contributed by atoms with Crippen LogP contribution in [0.15, 0.2) is 60.7 Å². The van der Waals surface area contributed by atoms with Gasteiger partial charge in [-0.2, -0.15) is 0 Å². The SMILES string of the molecule is O=C(C[C@@H]1CCN2C[C@@H]1CC(=O)N1CC[C@@H](NCc3ccccc3)[C@H]1C(=O)N1CCC(CC1)N1CCC[C@H]1C2=O)NCc1ccccc1. The van der Waals surface area contributed by atoms with E-state index in [1.54, 1.807) is 0 Å². The van der Waals surface area contributed by atoms with Gasteiger partial charge >= 0.3 is 0 Å². The van der Waals surface area contributed by atoms with Crippen molar-refractivity contribution < 1.29 is 19.2 Å². The van der Waals surface area contributed by atoms with Crippen LogP contribution in [0.5, 0.6) is 0 Å². The van der Waals surface area contributed by atoms with Gasteiger partial charge in [0.1, 0.15) is 6.04 Å². The molecular weight excluding hydrogens is 604 g/mol. The molecule has 5 atom stereocenters. The van der Waals surface area contributed by atoms with E-state index in [1.807, 2.05) is 63.2 Å². The molecule has 0 unspecified atom stereocenters. The van der Waals surface area contributed by atoms with Crippen LogP contribution in [0.4, 0.5) is 0 Å². The minimum atomic E-state index is -0.559. The molecule has 0 spiro atoms. The summed E-state index contributed by atoms with van der Waals surface area (Å²) in [6, 6.07) is 19.5. The Morgan fingerprint density at radius 3 is 2.15 bits per heavy atom. The quantitative estimate of drug-likeness (QED) is 0.476. The predicted octanol–water partition coefficient (Wildman–Crippen LogP) is 2.78. The Hall–Kier alpha value is -3.76. The highest BCUT2D eigenvalue weighted by Gasteiger charge is 2.47. The maximum Gasteiger partial charge on any atom is 0.246 e. The Kier molecular flexibility index (Phi) is 10.1. The summed E-state index contributed by atoms with van der Waals surface area (Å²) < 4.78 is 0. The van der Waals surface area contributed by atoms with Crippen molar-refractivity contribution in [2.45, 2.75) is 88.6 Å². The molecule has 8 rings (SSSR count). The molecule has 6 fully saturated rings. The zero-order valence-electron chi connectivity index (χ0n) is 28.0. The van der Waals surface area contributed by atoms with Crippen LogP contribution in [0, 0.1) is 11.8 Å². The highest BCUT2D eigenvalue weighted by Crippen LogP contribution is 2.35. The second-order valence-electron chi connectivity index (χ2n) is 14.5. The lowest BCUT2D eigenvalue weighted by atomic mass is 9.80. The lowest BCUT2D eigenvalue weighted by Gasteiger charge is -2.42. The number of rotatable bonds is 7. The summed E-state index contributed by atoms with van der Waals surface area (Å²) in [5.41, 5.74) is 2.19. The Balaban J connectivity index is 1.13. The molecule has 2 aromatic rings. The molecule has 2 aromatic carbocycles. The first-order valence-corrected chi connectivity index (χ1v) is 18.2. The van der Waals surface area contributed by atoms with Crippen molar-refractivity contribution in [3.05, 3.63) is 71.8 Å². The van der Waals surface area contributed by atoms with Gasteiger partial charge in [-0.3, -0.25) is 24.1 Å². The predicted molar refractivity (Wildman–Crippen MR) is 182 cm³/mol. The molecule has 0 saturated carbocycles. The molecule has 0 aliphatic carbocycles. The highest BCUT2D eigenvalue weighted by molar-refractivity contribution is 5.89. The summed E-state index contributed by atoms with van der Waals surface area (Å²) in [6.45, 7) is 4.92. The van der Waals surface area contributed by atoms with E-state index in [4.69, 9.17) is 0 Å². The molecule has 2 N–H and O–H groups in total. The molecular formula is C38H50N6O4. The molecule has 6 aliphatic heterocycles. The van der Waals surface area contributed by atoms with E-state index in [2.05, 4.69) is 27.7 Å². The number of nitrogens with zero attached hydrogens (tertiary/aromatic N) is 4. The van der Waals surface area contributed by atoms with Gasteiger partial charge in [-0.05, 0) is 68.0 Å². The summed E-state index contributed by atoms with van der Waals surface area (Å²) in [5, 5.41) is 6.71. The number of benzene rings is 2. The number of hydrogen-bond acceptors (Lipinski definition) is 6. The molecule has 6 aliphatic rings. The van der Waals surface area contributed by atoms with Crippen molar-refractivity contribution in [2.24, 2.45) is 11.8 Å². The van der Waals surface area contributed by atoms with Crippen LogP contribution in [-0.4, -0.2) is 107 Å². The van der Waals surface area contributed by atoms with Gasteiger partial charge in [-0.1, -0.05) is 60.7 Å². The lowest BCUT2D eigenvalue weighted by molar-refractivity contribution is -0.146. The first-order chi connectivity index (χ1) is 23.4. The average molecular weight is 655 g/mol. The highest BCUT2D eigenvalue weighted by atomic mass is 16.2. The number of fused-ring (bicyclic) bond motifs is 3. The van der Waals surface area contributed by atoms with Gasteiger partial charge in [-0.25, -0.2) is 0 Å². The second kappa shape index (κ2) is 14.8. The van der Waals surface area contributed by atoms with Crippen molar-refractivity contribution >= 4 is 23.6 Å². The van der Waals surface area contributed by atoms with Crippen molar-refractivity contribution in [3.63, 3.8) is 0 Å². The molecule has 4 bridgehead atoms. The van der Waals surface area contributed by atoms with Gasteiger partial charge in [0.25, 0.3) is 0 Å². The first-order valence-electron chi connectivity index (χ1n) is 18.2. The van der Waals surface area contributed by atoms with Crippen LogP contribution >= 0.6 is 0 Å². The Bertz CT molecular complexity index is 1450. The Labute approximate surface area is 284 Å². The normalized spacial score (nSPS) is 29.8. The molecule has 6 saturated heterocycles. The van der Waals surface area contributed by atoms with Crippen LogP contribution in [0.2, 0.25) is 0 Å². The fourth-order valence-corrected chi connectivity index (χ4v) is 8.97. The van der Waals surface area contributed by atoms with Gasteiger partial charge in [0, 0.05) is 70.7 Å². The third-order valence-corrected chi connectivity index (χ3v) is 11.6. The van der Waals surface area contributed by atoms with Gasteiger partial charge in [0.15, 0.2) is 0 Å². The van der Waals surface area contributed by atoms with Gasteiger partial charge in [0.05, 0.1) is 6.04 Å². The lowest BCUT2D eigenvalue weighted by Crippen LogP contribution is -2.57. The minimum absolute atomic E-state index is 0.0205. The Morgan fingerprint density at radius 1 is 0.729 bits per heavy atom. The van der Waals surface area contributed by atoms with Crippen molar-refractivity contribution in [3.8, 4) is 0 Å². The smallest absolute Gasteiger partial charge is 0.246 e. The van der Waals surface area contributed by atoms with E-state index in [-0.39, 0.29) is 60.0 Å². The summed E-state index contributed by atoms with van der Waals surface area (Å²) >= 11 is 0. The van der Waals surface area contributed by atoms with Crippen molar-refractivity contribution in [1.82, 2.24) is 30.2 Å². The van der Waals surface area contributed by atoms with E-state index >= 15 is 0 Å². The topological polar surface area (TPSA) is 105 Å². The number of piperidine rings is 2. The monoisotopic (exact) mass is 654 g/mol. The average Bonchev–Trinajstić information content (AvgIpc) is 3.79. The zero-order valence-corrected chi connectivity index (χ0v) is 28.0. The standard InChI is InChI=1S/C38H50N6O4/c45-34(40-25-28-10-5-2-6-11-28)22-29-13-18-42-26-30(29)23-35(46)44-21-16-32(39-24-27-8-3-1-4-9-27)36(44)38(48)41-19-14-31(15-20-41)43-17-7-12-33(43)37(42)47/h1-6,8-11,29-33,36,39H,7,12-26H2,(H,40,45)/t29-,30-,32+,33-,36-/m0/s1. The first kappa shape index (κ1) is 32.8. The molecule has 48 heavy (non-hydrogen) atoms. The molecule has 0 radical (unpaired) electrons. The largest absolute Gasteiger partial charge is 0.352 e. The van der Waals surface area contributed by atoms with Gasteiger partial charge in [0.2, 0.25) is 23.6 Å². The molecule has 256 valence electrons. The third-order valence-electron chi connectivity index (χ3n) is 11.6. The van der Waals surface area contributed by atoms with Crippen molar-refractivity contribution in [2.75, 3.05) is 39.3 Å². The third kappa shape index (κ3) is 7.15. The number of carbonyl (C=O) groups is 4. The molecule has 10 nitrogen and oxygen atoms in total. The van der Waals surface area contributed by atoms with E-state index in [9.17, 15) is 19.2 Å². The van der Waals surface area contributed by atoms with E-state index in [0.29, 0.717) is 65.1 Å². The van der Waals surface area contributed by atoms with Crippen LogP contribution in [0.1, 0.15) is 62.5 Å². The van der Waals surface area contributed by atoms with Gasteiger partial charge < -0.3 is 25.3 Å².